The molecule has 0 saturated carbocycles. The number of hydrogen-bond donors (Lipinski definition) is 1. The molecule has 25 heavy (non-hydrogen) atoms. The molecule has 1 N–H and O–H groups in total. The fourth-order valence-corrected chi connectivity index (χ4v) is 3.19. The molecule has 1 aliphatic rings. The van der Waals surface area contributed by atoms with Gasteiger partial charge in [-0.05, 0) is 18.1 Å². The van der Waals surface area contributed by atoms with Crippen molar-refractivity contribution < 1.29 is 9.53 Å². The van der Waals surface area contributed by atoms with Crippen LogP contribution in [0.15, 0.2) is 36.7 Å². The van der Waals surface area contributed by atoms with Crippen LogP contribution in [0.1, 0.15) is 24.2 Å². The highest BCUT2D eigenvalue weighted by atomic mass is 16.5. The van der Waals surface area contributed by atoms with Gasteiger partial charge < -0.3 is 10.1 Å². The van der Waals surface area contributed by atoms with E-state index in [1.165, 1.54) is 0 Å². The molecule has 1 aromatic carbocycles. The van der Waals surface area contributed by atoms with E-state index in [1.54, 1.807) is 17.1 Å². The van der Waals surface area contributed by atoms with Crippen LogP contribution < -0.4 is 5.32 Å². The van der Waals surface area contributed by atoms with Gasteiger partial charge in [-0.2, -0.15) is 0 Å². The first-order valence-corrected chi connectivity index (χ1v) is 8.72. The Kier molecular flexibility index (Phi) is 5.78. The van der Waals surface area contributed by atoms with E-state index < -0.39 is 0 Å². The van der Waals surface area contributed by atoms with Crippen molar-refractivity contribution in [1.82, 2.24) is 25.2 Å². The average molecular weight is 343 g/mol. The van der Waals surface area contributed by atoms with Crippen LogP contribution in [0, 0.1) is 5.92 Å². The summed E-state index contributed by atoms with van der Waals surface area (Å²) in [6, 6.07) is 7.72. The van der Waals surface area contributed by atoms with Gasteiger partial charge in [-0.15, -0.1) is 5.10 Å². The van der Waals surface area contributed by atoms with Crippen LogP contribution in [-0.4, -0.2) is 64.7 Å². The maximum atomic E-state index is 12.8. The van der Waals surface area contributed by atoms with Crippen LogP contribution in [0.25, 0.3) is 5.69 Å². The zero-order valence-electron chi connectivity index (χ0n) is 14.8. The SMILES string of the molecule is CC(C)C(CNC(=O)c1ccccc1-n1ccnn1)N1CCOCC1. The molecule has 3 rings (SSSR count). The van der Waals surface area contributed by atoms with Gasteiger partial charge >= 0.3 is 0 Å². The van der Waals surface area contributed by atoms with Gasteiger partial charge in [-0.25, -0.2) is 4.68 Å². The van der Waals surface area contributed by atoms with E-state index in [4.69, 9.17) is 4.74 Å². The number of aromatic nitrogens is 3. The predicted octanol–water partition coefficient (Wildman–Crippen LogP) is 1.35. The van der Waals surface area contributed by atoms with Gasteiger partial charge in [0.15, 0.2) is 0 Å². The van der Waals surface area contributed by atoms with E-state index in [2.05, 4.69) is 34.4 Å². The Bertz CT molecular complexity index is 681. The van der Waals surface area contributed by atoms with Crippen molar-refractivity contribution in [2.45, 2.75) is 19.9 Å². The molecule has 7 nitrogen and oxygen atoms in total. The van der Waals surface area contributed by atoms with Crippen molar-refractivity contribution in [2.24, 2.45) is 5.92 Å². The monoisotopic (exact) mass is 343 g/mol. The maximum absolute atomic E-state index is 12.8. The number of para-hydroxylation sites is 1. The number of nitrogens with one attached hydrogen (secondary N) is 1. The lowest BCUT2D eigenvalue weighted by Crippen LogP contribution is -2.51. The average Bonchev–Trinajstić information content (AvgIpc) is 3.17. The number of nitrogens with zero attached hydrogens (tertiary/aromatic N) is 4. The molecule has 0 radical (unpaired) electrons. The number of carbonyl (C=O) groups is 1. The molecule has 0 spiro atoms. The zero-order chi connectivity index (χ0) is 17.6. The third kappa shape index (κ3) is 4.24. The summed E-state index contributed by atoms with van der Waals surface area (Å²) in [5.41, 5.74) is 1.32. The summed E-state index contributed by atoms with van der Waals surface area (Å²) in [6.45, 7) is 8.33. The minimum absolute atomic E-state index is 0.0926. The second-order valence-electron chi connectivity index (χ2n) is 6.53. The van der Waals surface area contributed by atoms with E-state index in [9.17, 15) is 4.79 Å². The third-order valence-electron chi connectivity index (χ3n) is 4.57. The summed E-state index contributed by atoms with van der Waals surface area (Å²) < 4.78 is 7.04. The van der Waals surface area contributed by atoms with Crippen LogP contribution in [-0.2, 0) is 4.74 Å². The molecule has 7 heteroatoms. The van der Waals surface area contributed by atoms with Crippen LogP contribution in [0.4, 0.5) is 0 Å². The van der Waals surface area contributed by atoms with Crippen molar-refractivity contribution in [3.63, 3.8) is 0 Å². The minimum atomic E-state index is -0.0926. The first kappa shape index (κ1) is 17.6. The van der Waals surface area contributed by atoms with Crippen molar-refractivity contribution in [3.8, 4) is 5.69 Å². The van der Waals surface area contributed by atoms with Gasteiger partial charge in [0.05, 0.1) is 36.9 Å². The van der Waals surface area contributed by atoms with Gasteiger partial charge in [0, 0.05) is 25.7 Å². The summed E-state index contributed by atoms with van der Waals surface area (Å²) in [7, 11) is 0. The molecule has 1 fully saturated rings. The smallest absolute Gasteiger partial charge is 0.253 e. The zero-order valence-corrected chi connectivity index (χ0v) is 14.8. The lowest BCUT2D eigenvalue weighted by atomic mass is 10.0. The molecule has 1 aromatic heterocycles. The summed E-state index contributed by atoms with van der Waals surface area (Å²) in [5, 5.41) is 10.9. The maximum Gasteiger partial charge on any atom is 0.253 e. The number of rotatable bonds is 6. The number of hydrogen-bond acceptors (Lipinski definition) is 5. The normalized spacial score (nSPS) is 16.8. The van der Waals surface area contributed by atoms with Gasteiger partial charge in [0.2, 0.25) is 0 Å². The molecular weight excluding hydrogens is 318 g/mol. The van der Waals surface area contributed by atoms with Gasteiger partial charge in [-0.3, -0.25) is 9.69 Å². The lowest BCUT2D eigenvalue weighted by molar-refractivity contribution is 0.00673. The van der Waals surface area contributed by atoms with Crippen LogP contribution in [0.2, 0.25) is 0 Å². The highest BCUT2D eigenvalue weighted by Gasteiger charge is 2.24. The molecule has 1 aliphatic heterocycles. The molecule has 134 valence electrons. The second kappa shape index (κ2) is 8.22. The van der Waals surface area contributed by atoms with Crippen molar-refractivity contribution in [2.75, 3.05) is 32.8 Å². The van der Waals surface area contributed by atoms with E-state index >= 15 is 0 Å². The quantitative estimate of drug-likeness (QED) is 0.857. The topological polar surface area (TPSA) is 72.3 Å². The minimum Gasteiger partial charge on any atom is -0.379 e. The Morgan fingerprint density at radius 2 is 2.04 bits per heavy atom. The fourth-order valence-electron chi connectivity index (χ4n) is 3.19. The standard InChI is InChI=1S/C18H25N5O2/c1-14(2)17(22-9-11-25-12-10-22)13-19-18(24)15-5-3-4-6-16(15)23-8-7-20-21-23/h3-8,14,17H,9-13H2,1-2H3,(H,19,24). The second-order valence-corrected chi connectivity index (χ2v) is 6.53. The number of carbonyl (C=O) groups excluding carboxylic acids is 1. The number of amides is 1. The van der Waals surface area contributed by atoms with E-state index in [0.717, 1.165) is 32.0 Å². The lowest BCUT2D eigenvalue weighted by Gasteiger charge is -2.37. The molecule has 0 aliphatic carbocycles. The van der Waals surface area contributed by atoms with Crippen LogP contribution >= 0.6 is 0 Å². The fraction of sp³-hybridized carbons (Fsp3) is 0.500. The number of ether oxygens (including phenoxy) is 1. The first-order chi connectivity index (χ1) is 12.2. The highest BCUT2D eigenvalue weighted by molar-refractivity contribution is 5.97. The van der Waals surface area contributed by atoms with Gasteiger partial charge in [0.1, 0.15) is 0 Å². The Hall–Kier alpha value is -2.25. The molecule has 0 bridgehead atoms. The highest BCUT2D eigenvalue weighted by Crippen LogP contribution is 2.15. The molecule has 1 amide bonds. The van der Waals surface area contributed by atoms with Crippen molar-refractivity contribution in [1.29, 1.82) is 0 Å². The van der Waals surface area contributed by atoms with Gasteiger partial charge in [0.25, 0.3) is 5.91 Å². The predicted molar refractivity (Wildman–Crippen MR) is 94.7 cm³/mol. The Balaban J connectivity index is 1.69. The van der Waals surface area contributed by atoms with E-state index in [-0.39, 0.29) is 5.91 Å². The summed E-state index contributed by atoms with van der Waals surface area (Å²) in [6.07, 6.45) is 3.33. The largest absolute Gasteiger partial charge is 0.379 e. The van der Waals surface area contributed by atoms with Crippen LogP contribution in [0.3, 0.4) is 0 Å². The van der Waals surface area contributed by atoms with E-state index in [1.807, 2.05) is 24.3 Å². The van der Waals surface area contributed by atoms with Crippen molar-refractivity contribution in [3.05, 3.63) is 42.2 Å². The molecule has 2 aromatic rings. The molecule has 1 atom stereocenters. The molecule has 1 unspecified atom stereocenters. The summed E-state index contributed by atoms with van der Waals surface area (Å²) >= 11 is 0. The molecule has 2 heterocycles. The number of morpholine rings is 1. The van der Waals surface area contributed by atoms with Gasteiger partial charge in [-0.1, -0.05) is 31.2 Å². The molecule has 1 saturated heterocycles. The Morgan fingerprint density at radius 3 is 2.72 bits per heavy atom. The Labute approximate surface area is 148 Å². The summed E-state index contributed by atoms with van der Waals surface area (Å²) in [5.74, 6) is 0.356. The third-order valence-corrected chi connectivity index (χ3v) is 4.57. The number of benzene rings is 1. The first-order valence-electron chi connectivity index (χ1n) is 8.72. The molecular formula is C18H25N5O2. The van der Waals surface area contributed by atoms with E-state index in [0.29, 0.717) is 24.1 Å². The van der Waals surface area contributed by atoms with Crippen molar-refractivity contribution >= 4 is 5.91 Å². The Morgan fingerprint density at radius 1 is 1.28 bits per heavy atom. The summed E-state index contributed by atoms with van der Waals surface area (Å²) in [4.78, 5) is 15.2. The van der Waals surface area contributed by atoms with Crippen LogP contribution in [0.5, 0.6) is 0 Å².